The maximum atomic E-state index is 9.09. The molecule has 3 rings (SSSR count). The van der Waals surface area contributed by atoms with Crippen LogP contribution < -0.4 is 11.1 Å². The highest BCUT2D eigenvalue weighted by molar-refractivity contribution is 5.58. The molecule has 0 saturated carbocycles. The van der Waals surface area contributed by atoms with E-state index in [2.05, 4.69) is 20.3 Å². The molecule has 1 heterocycles. The van der Waals surface area contributed by atoms with Gasteiger partial charge in [-0.3, -0.25) is 0 Å². The van der Waals surface area contributed by atoms with Gasteiger partial charge in [0, 0.05) is 12.1 Å². The molecule has 2 aromatic carbocycles. The molecule has 0 atom stereocenters. The summed E-state index contributed by atoms with van der Waals surface area (Å²) in [4.78, 5) is 12.7. The molecule has 0 bridgehead atoms. The van der Waals surface area contributed by atoms with Gasteiger partial charge in [0.15, 0.2) is 5.82 Å². The van der Waals surface area contributed by atoms with Crippen molar-refractivity contribution in [1.82, 2.24) is 15.0 Å². The van der Waals surface area contributed by atoms with Gasteiger partial charge in [-0.1, -0.05) is 54.6 Å². The zero-order valence-corrected chi connectivity index (χ0v) is 12.5. The fourth-order valence-corrected chi connectivity index (χ4v) is 2.14. The molecule has 0 fully saturated rings. The summed E-state index contributed by atoms with van der Waals surface area (Å²) >= 11 is 0. The van der Waals surface area contributed by atoms with Crippen LogP contribution >= 0.6 is 0 Å². The van der Waals surface area contributed by atoms with Crippen molar-refractivity contribution in [3.05, 3.63) is 65.7 Å². The van der Waals surface area contributed by atoms with Gasteiger partial charge in [-0.2, -0.15) is 15.0 Å². The summed E-state index contributed by atoms with van der Waals surface area (Å²) < 4.78 is 0. The van der Waals surface area contributed by atoms with E-state index < -0.39 is 0 Å². The Morgan fingerprint density at radius 3 is 2.30 bits per heavy atom. The molecule has 0 amide bonds. The summed E-state index contributed by atoms with van der Waals surface area (Å²) in [5, 5.41) is 12.2. The Hall–Kier alpha value is -2.99. The summed E-state index contributed by atoms with van der Waals surface area (Å²) in [7, 11) is 0. The molecule has 0 aliphatic heterocycles. The van der Waals surface area contributed by atoms with E-state index in [1.807, 2.05) is 54.6 Å². The van der Waals surface area contributed by atoms with E-state index in [1.54, 1.807) is 0 Å². The highest BCUT2D eigenvalue weighted by atomic mass is 16.3. The van der Waals surface area contributed by atoms with Crippen molar-refractivity contribution in [3.63, 3.8) is 0 Å². The third-order valence-electron chi connectivity index (χ3n) is 3.34. The van der Waals surface area contributed by atoms with Crippen molar-refractivity contribution >= 4 is 11.9 Å². The van der Waals surface area contributed by atoms with Crippen LogP contribution in [-0.2, 0) is 13.2 Å². The Bertz CT molecular complexity index is 775. The fraction of sp³-hybridized carbons (Fsp3) is 0.118. The molecule has 1 aromatic heterocycles. The lowest BCUT2D eigenvalue weighted by Crippen LogP contribution is -2.08. The number of aliphatic hydroxyl groups excluding tert-OH is 1. The topological polar surface area (TPSA) is 97.0 Å². The van der Waals surface area contributed by atoms with Crippen LogP contribution in [0.25, 0.3) is 11.4 Å². The van der Waals surface area contributed by atoms with Gasteiger partial charge in [0.25, 0.3) is 0 Å². The second kappa shape index (κ2) is 6.85. The van der Waals surface area contributed by atoms with Crippen LogP contribution in [0.5, 0.6) is 0 Å². The first-order valence-corrected chi connectivity index (χ1v) is 7.24. The van der Waals surface area contributed by atoms with Gasteiger partial charge < -0.3 is 16.2 Å². The minimum Gasteiger partial charge on any atom is -0.392 e. The molecule has 0 saturated heterocycles. The first-order chi connectivity index (χ1) is 11.2. The zero-order chi connectivity index (χ0) is 16.1. The molecule has 4 N–H and O–H groups in total. The molecule has 0 aliphatic carbocycles. The molecule has 6 nitrogen and oxygen atoms in total. The summed E-state index contributed by atoms with van der Waals surface area (Å²) in [5.41, 5.74) is 8.56. The number of nitrogens with two attached hydrogens (primary N) is 1. The predicted molar refractivity (Wildman–Crippen MR) is 89.4 cm³/mol. The van der Waals surface area contributed by atoms with Crippen LogP contribution in [0.3, 0.4) is 0 Å². The number of hydrogen-bond acceptors (Lipinski definition) is 6. The molecule has 0 radical (unpaired) electrons. The average Bonchev–Trinajstić information content (AvgIpc) is 2.60. The van der Waals surface area contributed by atoms with E-state index in [-0.39, 0.29) is 12.6 Å². The highest BCUT2D eigenvalue weighted by Crippen LogP contribution is 2.18. The summed E-state index contributed by atoms with van der Waals surface area (Å²) in [6, 6.07) is 17.3. The smallest absolute Gasteiger partial charge is 0.228 e. The van der Waals surface area contributed by atoms with Crippen LogP contribution in [-0.4, -0.2) is 20.1 Å². The van der Waals surface area contributed by atoms with Crippen LogP contribution in [0.1, 0.15) is 11.1 Å². The van der Waals surface area contributed by atoms with Crippen LogP contribution in [0.4, 0.5) is 11.9 Å². The number of hydrogen-bond donors (Lipinski definition) is 3. The van der Waals surface area contributed by atoms with Gasteiger partial charge >= 0.3 is 0 Å². The van der Waals surface area contributed by atoms with Gasteiger partial charge in [-0.15, -0.1) is 0 Å². The molecule has 116 valence electrons. The van der Waals surface area contributed by atoms with Gasteiger partial charge in [-0.05, 0) is 11.1 Å². The largest absolute Gasteiger partial charge is 0.392 e. The van der Waals surface area contributed by atoms with E-state index in [1.165, 1.54) is 0 Å². The van der Waals surface area contributed by atoms with Gasteiger partial charge in [0.1, 0.15) is 0 Å². The van der Waals surface area contributed by atoms with E-state index in [0.717, 1.165) is 16.7 Å². The van der Waals surface area contributed by atoms with Crippen LogP contribution in [0.15, 0.2) is 54.6 Å². The highest BCUT2D eigenvalue weighted by Gasteiger charge is 2.07. The number of aromatic nitrogens is 3. The second-order valence-corrected chi connectivity index (χ2v) is 5.04. The number of aliphatic hydroxyl groups is 1. The Kier molecular flexibility index (Phi) is 4.44. The van der Waals surface area contributed by atoms with E-state index in [9.17, 15) is 0 Å². The lowest BCUT2D eigenvalue weighted by atomic mass is 10.1. The molecular weight excluding hydrogens is 290 g/mol. The standard InChI is InChI=1S/C17H17N5O/c18-16-20-15(14-8-6-13(11-23)7-9-14)21-17(22-16)19-10-12-4-2-1-3-5-12/h1-9,23H,10-11H2,(H3,18,19,20,21,22). The first-order valence-electron chi connectivity index (χ1n) is 7.24. The third kappa shape index (κ3) is 3.81. The zero-order valence-electron chi connectivity index (χ0n) is 12.5. The van der Waals surface area contributed by atoms with Crippen molar-refractivity contribution in [3.8, 4) is 11.4 Å². The normalized spacial score (nSPS) is 10.5. The minimum atomic E-state index is 0.00347. The molecule has 3 aromatic rings. The van der Waals surface area contributed by atoms with Crippen molar-refractivity contribution in [2.45, 2.75) is 13.2 Å². The van der Waals surface area contributed by atoms with Gasteiger partial charge in [0.2, 0.25) is 11.9 Å². The van der Waals surface area contributed by atoms with Crippen molar-refractivity contribution in [1.29, 1.82) is 0 Å². The van der Waals surface area contributed by atoms with Crippen LogP contribution in [0.2, 0.25) is 0 Å². The maximum absolute atomic E-state index is 9.09. The third-order valence-corrected chi connectivity index (χ3v) is 3.34. The molecule has 6 heteroatoms. The molecule has 0 spiro atoms. The molecule has 0 unspecified atom stereocenters. The predicted octanol–water partition coefficient (Wildman–Crippen LogP) is 2.23. The number of nitrogens with one attached hydrogen (secondary N) is 1. The number of rotatable bonds is 5. The van der Waals surface area contributed by atoms with E-state index in [0.29, 0.717) is 18.3 Å². The summed E-state index contributed by atoms with van der Waals surface area (Å²) in [6.07, 6.45) is 0. The quantitative estimate of drug-likeness (QED) is 0.669. The first kappa shape index (κ1) is 14.9. The minimum absolute atomic E-state index is 0.00347. The Balaban J connectivity index is 1.80. The number of nitrogen functional groups attached to an aromatic ring is 1. The van der Waals surface area contributed by atoms with E-state index in [4.69, 9.17) is 10.8 Å². The molecular formula is C17H17N5O. The monoisotopic (exact) mass is 307 g/mol. The second-order valence-electron chi connectivity index (χ2n) is 5.04. The summed E-state index contributed by atoms with van der Waals surface area (Å²) in [6.45, 7) is 0.608. The SMILES string of the molecule is Nc1nc(NCc2ccccc2)nc(-c2ccc(CO)cc2)n1. The van der Waals surface area contributed by atoms with Crippen molar-refractivity contribution in [2.24, 2.45) is 0 Å². The van der Waals surface area contributed by atoms with Crippen molar-refractivity contribution in [2.75, 3.05) is 11.1 Å². The lowest BCUT2D eigenvalue weighted by molar-refractivity contribution is 0.282. The fourth-order valence-electron chi connectivity index (χ4n) is 2.14. The summed E-state index contributed by atoms with van der Waals surface area (Å²) in [5.74, 6) is 1.09. The number of benzene rings is 2. The average molecular weight is 307 g/mol. The van der Waals surface area contributed by atoms with Gasteiger partial charge in [-0.25, -0.2) is 0 Å². The lowest BCUT2D eigenvalue weighted by Gasteiger charge is -2.08. The number of anilines is 2. The number of nitrogens with zero attached hydrogens (tertiary/aromatic N) is 3. The van der Waals surface area contributed by atoms with E-state index >= 15 is 0 Å². The van der Waals surface area contributed by atoms with Gasteiger partial charge in [0.05, 0.1) is 6.61 Å². The Morgan fingerprint density at radius 2 is 1.61 bits per heavy atom. The molecule has 0 aliphatic rings. The van der Waals surface area contributed by atoms with Crippen LogP contribution in [0, 0.1) is 0 Å². The van der Waals surface area contributed by atoms with Crippen molar-refractivity contribution < 1.29 is 5.11 Å². The Morgan fingerprint density at radius 1 is 0.870 bits per heavy atom. The maximum Gasteiger partial charge on any atom is 0.228 e. The Labute approximate surface area is 134 Å². The molecule has 23 heavy (non-hydrogen) atoms.